The highest BCUT2D eigenvalue weighted by Gasteiger charge is 2.17. The molecule has 0 amide bonds. The summed E-state index contributed by atoms with van der Waals surface area (Å²) in [6.45, 7) is 0. The van der Waals surface area contributed by atoms with Crippen LogP contribution in [0.4, 0.5) is 11.4 Å². The van der Waals surface area contributed by atoms with E-state index in [9.17, 15) is 0 Å². The van der Waals surface area contributed by atoms with Gasteiger partial charge in [-0.05, 0) is 77.6 Å². The van der Waals surface area contributed by atoms with E-state index < -0.39 is 0 Å². The van der Waals surface area contributed by atoms with Crippen molar-refractivity contribution >= 4 is 70.4 Å². The summed E-state index contributed by atoms with van der Waals surface area (Å²) in [6, 6.07) is 36.9. The fraction of sp³-hybridized carbons (Fsp3) is 0.0556. The minimum atomic E-state index is 0.903. The van der Waals surface area contributed by atoms with Gasteiger partial charge in [0.1, 0.15) is 11.2 Å². The van der Waals surface area contributed by atoms with E-state index in [0.717, 1.165) is 40.8 Å². The number of allylic oxidation sites excluding steroid dienone is 4. The zero-order chi connectivity index (χ0) is 25.8. The van der Waals surface area contributed by atoms with Gasteiger partial charge in [-0.25, -0.2) is 0 Å². The molecule has 3 heteroatoms. The van der Waals surface area contributed by atoms with Crippen LogP contribution in [0.15, 0.2) is 126 Å². The SMILES string of the molecule is C1=CCCC(c2cccc3oc4cccc(Nc5cccc(-c6ccc7c(c6)sc6ccccc67)c5)c4c23)=C1. The number of hydrogen-bond acceptors (Lipinski definition) is 3. The third-order valence-electron chi connectivity index (χ3n) is 7.74. The average Bonchev–Trinajstić information content (AvgIpc) is 3.56. The number of hydrogen-bond donors (Lipinski definition) is 1. The number of benzene rings is 5. The van der Waals surface area contributed by atoms with Crippen molar-refractivity contribution in [2.45, 2.75) is 12.8 Å². The van der Waals surface area contributed by atoms with Crippen LogP contribution in [-0.4, -0.2) is 0 Å². The van der Waals surface area contributed by atoms with E-state index in [-0.39, 0.29) is 0 Å². The Bertz CT molecular complexity index is 2110. The lowest BCUT2D eigenvalue weighted by molar-refractivity contribution is 0.669. The second kappa shape index (κ2) is 9.00. The summed E-state index contributed by atoms with van der Waals surface area (Å²) in [5, 5.41) is 8.71. The molecular formula is C36H25NOS. The third-order valence-corrected chi connectivity index (χ3v) is 8.87. The number of nitrogens with one attached hydrogen (secondary N) is 1. The lowest BCUT2D eigenvalue weighted by atomic mass is 9.93. The standard InChI is InChI=1S/C36H25NOS/c1-2-9-23(10-3-1)27-14-7-16-31-35(27)36-30(15-8-17-32(36)38-31)37-26-12-6-11-24(21-26)25-19-20-29-28-13-4-5-18-33(28)39-34(29)22-25/h1-2,4-9,11-22,37H,3,10H2. The Labute approximate surface area is 230 Å². The van der Waals surface area contributed by atoms with Crippen molar-refractivity contribution in [1.82, 2.24) is 0 Å². The average molecular weight is 520 g/mol. The summed E-state index contributed by atoms with van der Waals surface area (Å²) in [7, 11) is 0. The van der Waals surface area contributed by atoms with Crippen LogP contribution >= 0.6 is 11.3 Å². The van der Waals surface area contributed by atoms with Crippen molar-refractivity contribution in [2.75, 3.05) is 5.32 Å². The van der Waals surface area contributed by atoms with Gasteiger partial charge in [-0.15, -0.1) is 11.3 Å². The summed E-state index contributed by atoms with van der Waals surface area (Å²) >= 11 is 1.86. The van der Waals surface area contributed by atoms with E-state index in [1.165, 1.54) is 47.8 Å². The minimum Gasteiger partial charge on any atom is -0.456 e. The molecule has 8 rings (SSSR count). The summed E-state index contributed by atoms with van der Waals surface area (Å²) in [5.41, 5.74) is 8.99. The fourth-order valence-electron chi connectivity index (χ4n) is 5.90. The van der Waals surface area contributed by atoms with Crippen molar-refractivity contribution in [2.24, 2.45) is 0 Å². The second-order valence-electron chi connectivity index (χ2n) is 10.1. The lowest BCUT2D eigenvalue weighted by Gasteiger charge is -2.13. The molecule has 1 aliphatic carbocycles. The van der Waals surface area contributed by atoms with Gasteiger partial charge in [0.05, 0.1) is 11.1 Å². The maximum absolute atomic E-state index is 6.34. The van der Waals surface area contributed by atoms with E-state index in [4.69, 9.17) is 4.42 Å². The number of furan rings is 1. The molecule has 2 heterocycles. The molecule has 2 nitrogen and oxygen atoms in total. The van der Waals surface area contributed by atoms with E-state index in [0.29, 0.717) is 0 Å². The molecule has 0 atom stereocenters. The highest BCUT2D eigenvalue weighted by atomic mass is 32.1. The Morgan fingerprint density at radius 2 is 1.49 bits per heavy atom. The van der Waals surface area contributed by atoms with E-state index >= 15 is 0 Å². The number of anilines is 2. The molecule has 1 N–H and O–H groups in total. The monoisotopic (exact) mass is 519 g/mol. The Balaban J connectivity index is 1.22. The topological polar surface area (TPSA) is 25.2 Å². The molecule has 0 unspecified atom stereocenters. The van der Waals surface area contributed by atoms with Crippen molar-refractivity contribution in [3.8, 4) is 11.1 Å². The van der Waals surface area contributed by atoms with Crippen molar-refractivity contribution < 1.29 is 4.42 Å². The van der Waals surface area contributed by atoms with Gasteiger partial charge in [0.25, 0.3) is 0 Å². The molecule has 0 aliphatic heterocycles. The summed E-state index contributed by atoms with van der Waals surface area (Å²) in [5.74, 6) is 0. The Morgan fingerprint density at radius 1 is 0.667 bits per heavy atom. The molecule has 1 aliphatic rings. The third kappa shape index (κ3) is 3.77. The summed E-state index contributed by atoms with van der Waals surface area (Å²) in [4.78, 5) is 0. The van der Waals surface area contributed by atoms with Crippen LogP contribution in [0.2, 0.25) is 0 Å². The molecule has 0 bridgehead atoms. The highest BCUT2D eigenvalue weighted by molar-refractivity contribution is 7.25. The van der Waals surface area contributed by atoms with Gasteiger partial charge in [0.2, 0.25) is 0 Å². The zero-order valence-electron chi connectivity index (χ0n) is 21.3. The van der Waals surface area contributed by atoms with Crippen molar-refractivity contribution in [3.05, 3.63) is 127 Å². The molecule has 0 saturated heterocycles. The van der Waals surface area contributed by atoms with Gasteiger partial charge in [-0.3, -0.25) is 0 Å². The van der Waals surface area contributed by atoms with Crippen LogP contribution in [0.25, 0.3) is 58.8 Å². The van der Waals surface area contributed by atoms with E-state index in [2.05, 4.69) is 127 Å². The molecule has 0 fully saturated rings. The van der Waals surface area contributed by atoms with Gasteiger partial charge in [-0.1, -0.05) is 78.9 Å². The molecule has 186 valence electrons. The number of thiophene rings is 1. The molecule has 2 aromatic heterocycles. The van der Waals surface area contributed by atoms with E-state index in [1.54, 1.807) is 0 Å². The van der Waals surface area contributed by atoms with Crippen LogP contribution in [-0.2, 0) is 0 Å². The molecular weight excluding hydrogens is 494 g/mol. The first-order chi connectivity index (χ1) is 19.3. The first-order valence-corrected chi connectivity index (χ1v) is 14.2. The van der Waals surface area contributed by atoms with Gasteiger partial charge in [0, 0.05) is 31.2 Å². The second-order valence-corrected chi connectivity index (χ2v) is 11.2. The molecule has 5 aromatic carbocycles. The maximum atomic E-state index is 6.34. The lowest BCUT2D eigenvalue weighted by Crippen LogP contribution is -1.93. The Kier molecular flexibility index (Phi) is 5.17. The summed E-state index contributed by atoms with van der Waals surface area (Å²) < 4.78 is 8.99. The predicted molar refractivity (Wildman–Crippen MR) is 168 cm³/mol. The van der Waals surface area contributed by atoms with Crippen LogP contribution in [0.3, 0.4) is 0 Å². The molecule has 0 saturated carbocycles. The quantitative estimate of drug-likeness (QED) is 0.250. The van der Waals surface area contributed by atoms with Gasteiger partial charge in [0.15, 0.2) is 0 Å². The fourth-order valence-corrected chi connectivity index (χ4v) is 7.05. The van der Waals surface area contributed by atoms with Crippen LogP contribution in [0.5, 0.6) is 0 Å². The number of fused-ring (bicyclic) bond motifs is 6. The zero-order valence-corrected chi connectivity index (χ0v) is 22.1. The van der Waals surface area contributed by atoms with Crippen molar-refractivity contribution in [1.29, 1.82) is 0 Å². The predicted octanol–water partition coefficient (Wildman–Crippen LogP) is 11.1. The van der Waals surface area contributed by atoms with Crippen LogP contribution < -0.4 is 5.32 Å². The summed E-state index contributed by atoms with van der Waals surface area (Å²) in [6.07, 6.45) is 8.76. The first-order valence-electron chi connectivity index (χ1n) is 13.4. The molecule has 0 radical (unpaired) electrons. The molecule has 0 spiro atoms. The van der Waals surface area contributed by atoms with E-state index in [1.807, 2.05) is 11.3 Å². The van der Waals surface area contributed by atoms with Gasteiger partial charge in [-0.2, -0.15) is 0 Å². The Hall–Kier alpha value is -4.60. The largest absolute Gasteiger partial charge is 0.456 e. The minimum absolute atomic E-state index is 0.903. The van der Waals surface area contributed by atoms with Crippen LogP contribution in [0, 0.1) is 0 Å². The van der Waals surface area contributed by atoms with Gasteiger partial charge < -0.3 is 9.73 Å². The molecule has 7 aromatic rings. The molecule has 39 heavy (non-hydrogen) atoms. The van der Waals surface area contributed by atoms with Crippen molar-refractivity contribution in [3.63, 3.8) is 0 Å². The smallest absolute Gasteiger partial charge is 0.137 e. The van der Waals surface area contributed by atoms with Crippen LogP contribution in [0.1, 0.15) is 18.4 Å². The highest BCUT2D eigenvalue weighted by Crippen LogP contribution is 2.41. The normalized spacial score (nSPS) is 13.5. The van der Waals surface area contributed by atoms with Gasteiger partial charge >= 0.3 is 0 Å². The Morgan fingerprint density at radius 3 is 2.41 bits per heavy atom. The first kappa shape index (κ1) is 22.4. The number of rotatable bonds is 4. The maximum Gasteiger partial charge on any atom is 0.137 e.